The molecule has 1 fully saturated rings. The molecule has 1 unspecified atom stereocenters. The molecule has 1 aliphatic rings. The van der Waals surface area contributed by atoms with Crippen LogP contribution >= 0.6 is 0 Å². The zero-order valence-electron chi connectivity index (χ0n) is 12.4. The fourth-order valence-electron chi connectivity index (χ4n) is 2.53. The van der Waals surface area contributed by atoms with Crippen molar-refractivity contribution < 1.29 is 14.3 Å². The highest BCUT2D eigenvalue weighted by atomic mass is 16.5. The lowest BCUT2D eigenvalue weighted by Gasteiger charge is -2.17. The lowest BCUT2D eigenvalue weighted by Crippen LogP contribution is -2.30. The standard InChI is InChI=1S/C17H18N2O3/c1-21-14-6-4-13(5-7-14)17(20)19-10-8-16(12-19)22-15-3-2-9-18-11-15/h2-7,9,11,16H,8,10,12H2,1H3. The van der Waals surface area contributed by atoms with Gasteiger partial charge in [0.15, 0.2) is 0 Å². The smallest absolute Gasteiger partial charge is 0.253 e. The van der Waals surface area contributed by atoms with E-state index in [-0.39, 0.29) is 12.0 Å². The summed E-state index contributed by atoms with van der Waals surface area (Å²) in [4.78, 5) is 18.3. The maximum Gasteiger partial charge on any atom is 0.253 e. The minimum absolute atomic E-state index is 0.0198. The van der Waals surface area contributed by atoms with E-state index in [0.717, 1.165) is 17.9 Å². The number of hydrogen-bond donors (Lipinski definition) is 0. The zero-order valence-corrected chi connectivity index (χ0v) is 12.4. The average Bonchev–Trinajstić information content (AvgIpc) is 3.04. The summed E-state index contributed by atoms with van der Waals surface area (Å²) in [6, 6.07) is 10.9. The van der Waals surface area contributed by atoms with Crippen LogP contribution < -0.4 is 9.47 Å². The van der Waals surface area contributed by atoms with Crippen molar-refractivity contribution >= 4 is 5.91 Å². The number of hydrogen-bond acceptors (Lipinski definition) is 4. The number of nitrogens with zero attached hydrogens (tertiary/aromatic N) is 2. The van der Waals surface area contributed by atoms with E-state index in [1.165, 1.54) is 0 Å². The van der Waals surface area contributed by atoms with E-state index in [9.17, 15) is 4.79 Å². The van der Waals surface area contributed by atoms with Gasteiger partial charge >= 0.3 is 0 Å². The first-order chi connectivity index (χ1) is 10.8. The lowest BCUT2D eigenvalue weighted by molar-refractivity contribution is 0.0772. The van der Waals surface area contributed by atoms with Crippen LogP contribution in [-0.4, -0.2) is 42.1 Å². The second-order valence-electron chi connectivity index (χ2n) is 5.20. The van der Waals surface area contributed by atoms with Gasteiger partial charge in [-0.15, -0.1) is 0 Å². The van der Waals surface area contributed by atoms with Crippen LogP contribution in [0.15, 0.2) is 48.8 Å². The van der Waals surface area contributed by atoms with Crippen LogP contribution in [0.3, 0.4) is 0 Å². The second-order valence-corrected chi connectivity index (χ2v) is 5.20. The molecule has 3 rings (SSSR count). The summed E-state index contributed by atoms with van der Waals surface area (Å²) < 4.78 is 11.0. The number of benzene rings is 1. The fourth-order valence-corrected chi connectivity index (χ4v) is 2.53. The van der Waals surface area contributed by atoms with Crippen LogP contribution in [0.5, 0.6) is 11.5 Å². The van der Waals surface area contributed by atoms with Crippen molar-refractivity contribution in [3.05, 3.63) is 54.4 Å². The van der Waals surface area contributed by atoms with Gasteiger partial charge in [-0.05, 0) is 36.4 Å². The predicted octanol–water partition coefficient (Wildman–Crippen LogP) is 2.38. The summed E-state index contributed by atoms with van der Waals surface area (Å²) in [5.41, 5.74) is 0.669. The Bertz CT molecular complexity index is 628. The Labute approximate surface area is 129 Å². The van der Waals surface area contributed by atoms with Crippen LogP contribution in [0, 0.1) is 0 Å². The summed E-state index contributed by atoms with van der Waals surface area (Å²) in [6.07, 6.45) is 4.25. The molecule has 1 aromatic carbocycles. The molecule has 114 valence electrons. The second kappa shape index (κ2) is 6.47. The Balaban J connectivity index is 1.60. The number of aromatic nitrogens is 1. The third-order valence-electron chi connectivity index (χ3n) is 3.71. The van der Waals surface area contributed by atoms with E-state index in [2.05, 4.69) is 4.98 Å². The van der Waals surface area contributed by atoms with Crippen LogP contribution in [0.4, 0.5) is 0 Å². The largest absolute Gasteiger partial charge is 0.497 e. The molecule has 1 saturated heterocycles. The third kappa shape index (κ3) is 3.19. The molecular formula is C17H18N2O3. The molecule has 0 saturated carbocycles. The molecule has 1 aromatic heterocycles. The van der Waals surface area contributed by atoms with Gasteiger partial charge in [0.05, 0.1) is 19.9 Å². The molecule has 2 aromatic rings. The van der Waals surface area contributed by atoms with Crippen molar-refractivity contribution in [1.82, 2.24) is 9.88 Å². The maximum absolute atomic E-state index is 12.5. The van der Waals surface area contributed by atoms with Crippen molar-refractivity contribution in [2.24, 2.45) is 0 Å². The average molecular weight is 298 g/mol. The van der Waals surface area contributed by atoms with E-state index in [1.54, 1.807) is 43.8 Å². The summed E-state index contributed by atoms with van der Waals surface area (Å²) in [7, 11) is 1.61. The van der Waals surface area contributed by atoms with Crippen LogP contribution in [-0.2, 0) is 0 Å². The molecule has 5 heteroatoms. The van der Waals surface area contributed by atoms with Crippen molar-refractivity contribution in [3.63, 3.8) is 0 Å². The first-order valence-electron chi connectivity index (χ1n) is 7.26. The number of amides is 1. The molecule has 1 aliphatic heterocycles. The van der Waals surface area contributed by atoms with Gasteiger partial charge in [0.2, 0.25) is 0 Å². The molecule has 0 N–H and O–H groups in total. The van der Waals surface area contributed by atoms with Gasteiger partial charge in [-0.2, -0.15) is 0 Å². The van der Waals surface area contributed by atoms with Gasteiger partial charge in [0.1, 0.15) is 17.6 Å². The summed E-state index contributed by atoms with van der Waals surface area (Å²) in [5.74, 6) is 1.52. The number of ether oxygens (including phenoxy) is 2. The lowest BCUT2D eigenvalue weighted by atomic mass is 10.2. The van der Waals surface area contributed by atoms with Gasteiger partial charge < -0.3 is 14.4 Å². The van der Waals surface area contributed by atoms with Crippen molar-refractivity contribution in [2.75, 3.05) is 20.2 Å². The molecule has 5 nitrogen and oxygen atoms in total. The Hall–Kier alpha value is -2.56. The molecule has 2 heterocycles. The quantitative estimate of drug-likeness (QED) is 0.869. The molecule has 1 amide bonds. The van der Waals surface area contributed by atoms with E-state index in [4.69, 9.17) is 9.47 Å². The SMILES string of the molecule is COc1ccc(C(=O)N2CCC(Oc3cccnc3)C2)cc1. The predicted molar refractivity (Wildman–Crippen MR) is 82.2 cm³/mol. The van der Waals surface area contributed by atoms with Gasteiger partial charge in [0, 0.05) is 24.7 Å². The summed E-state index contributed by atoms with van der Waals surface area (Å²) >= 11 is 0. The highest BCUT2D eigenvalue weighted by molar-refractivity contribution is 5.94. The van der Waals surface area contributed by atoms with E-state index in [1.807, 2.05) is 17.0 Å². The fraction of sp³-hybridized carbons (Fsp3) is 0.294. The normalized spacial score (nSPS) is 17.3. The minimum Gasteiger partial charge on any atom is -0.497 e. The number of pyridine rings is 1. The van der Waals surface area contributed by atoms with Gasteiger partial charge in [-0.1, -0.05) is 0 Å². The van der Waals surface area contributed by atoms with E-state index < -0.39 is 0 Å². The molecule has 0 radical (unpaired) electrons. The van der Waals surface area contributed by atoms with Gasteiger partial charge in [0.25, 0.3) is 5.91 Å². The number of carbonyl (C=O) groups excluding carboxylic acids is 1. The number of methoxy groups -OCH3 is 1. The molecule has 22 heavy (non-hydrogen) atoms. The first kappa shape index (κ1) is 14.4. The number of carbonyl (C=O) groups is 1. The minimum atomic E-state index is 0.0198. The zero-order chi connectivity index (χ0) is 15.4. The van der Waals surface area contributed by atoms with Crippen LogP contribution in [0.2, 0.25) is 0 Å². The topological polar surface area (TPSA) is 51.7 Å². The number of likely N-dealkylation sites (tertiary alicyclic amines) is 1. The van der Waals surface area contributed by atoms with Gasteiger partial charge in [-0.25, -0.2) is 0 Å². The van der Waals surface area contributed by atoms with Crippen molar-refractivity contribution in [1.29, 1.82) is 0 Å². The number of rotatable bonds is 4. The highest BCUT2D eigenvalue weighted by Gasteiger charge is 2.28. The van der Waals surface area contributed by atoms with Gasteiger partial charge in [-0.3, -0.25) is 9.78 Å². The highest BCUT2D eigenvalue weighted by Crippen LogP contribution is 2.20. The van der Waals surface area contributed by atoms with E-state index in [0.29, 0.717) is 18.7 Å². The first-order valence-corrected chi connectivity index (χ1v) is 7.26. The summed E-state index contributed by atoms with van der Waals surface area (Å²) in [6.45, 7) is 1.30. The Morgan fingerprint density at radius 1 is 1.23 bits per heavy atom. The Morgan fingerprint density at radius 2 is 2.05 bits per heavy atom. The summed E-state index contributed by atoms with van der Waals surface area (Å²) in [5, 5.41) is 0. The Kier molecular flexibility index (Phi) is 4.23. The van der Waals surface area contributed by atoms with Crippen molar-refractivity contribution in [2.45, 2.75) is 12.5 Å². The molecule has 0 aliphatic carbocycles. The van der Waals surface area contributed by atoms with E-state index >= 15 is 0 Å². The van der Waals surface area contributed by atoms with Crippen LogP contribution in [0.25, 0.3) is 0 Å². The molecule has 0 bridgehead atoms. The molecular weight excluding hydrogens is 280 g/mol. The Morgan fingerprint density at radius 3 is 2.73 bits per heavy atom. The molecule has 0 spiro atoms. The molecule has 1 atom stereocenters. The van der Waals surface area contributed by atoms with Crippen molar-refractivity contribution in [3.8, 4) is 11.5 Å². The van der Waals surface area contributed by atoms with Crippen LogP contribution in [0.1, 0.15) is 16.8 Å². The monoisotopic (exact) mass is 298 g/mol. The maximum atomic E-state index is 12.5. The third-order valence-corrected chi connectivity index (χ3v) is 3.71.